The predicted octanol–water partition coefficient (Wildman–Crippen LogP) is 2.25. The van der Waals surface area contributed by atoms with Crippen molar-refractivity contribution >= 4 is 11.9 Å². The maximum Gasteiger partial charge on any atom is 0.314 e. The molecule has 2 aliphatic carbocycles. The van der Waals surface area contributed by atoms with Gasteiger partial charge in [0, 0.05) is 30.8 Å². The van der Waals surface area contributed by atoms with Crippen LogP contribution in [0.3, 0.4) is 0 Å². The molecule has 2 saturated carbocycles. The number of hydrogen-bond acceptors (Lipinski definition) is 3. The Morgan fingerprint density at radius 3 is 2.26 bits per heavy atom. The molecular weight excluding hydrogens is 368 g/mol. The molecule has 3 N–H and O–H groups in total. The Morgan fingerprint density at radius 1 is 1.30 bits per heavy atom. The SMILES string of the molecule is CC(F)(F)C[C@H](C(=O)NC1(C#N)CC1)C1C(F)(F)C12CCN(C(N)=O)CC2. The predicted molar refractivity (Wildman–Crippen MR) is 85.7 cm³/mol. The number of hydrogen-bond donors (Lipinski definition) is 2. The van der Waals surface area contributed by atoms with E-state index in [0.29, 0.717) is 19.8 Å². The van der Waals surface area contributed by atoms with Crippen molar-refractivity contribution in [3.8, 4) is 6.07 Å². The van der Waals surface area contributed by atoms with Crippen molar-refractivity contribution in [1.29, 1.82) is 5.26 Å². The van der Waals surface area contributed by atoms with Crippen LogP contribution < -0.4 is 11.1 Å². The van der Waals surface area contributed by atoms with Crippen molar-refractivity contribution in [2.45, 2.75) is 56.4 Å². The molecule has 1 saturated heterocycles. The average Bonchev–Trinajstić information content (AvgIpc) is 3.42. The van der Waals surface area contributed by atoms with Crippen LogP contribution in [0.25, 0.3) is 0 Å². The van der Waals surface area contributed by atoms with E-state index in [4.69, 9.17) is 11.0 Å². The summed E-state index contributed by atoms with van der Waals surface area (Å²) in [4.78, 5) is 25.0. The zero-order valence-corrected chi connectivity index (χ0v) is 14.9. The Balaban J connectivity index is 1.81. The molecule has 1 spiro atoms. The van der Waals surface area contributed by atoms with Gasteiger partial charge in [0.1, 0.15) is 5.54 Å². The van der Waals surface area contributed by atoms with E-state index in [9.17, 15) is 27.2 Å². The molecule has 3 aliphatic rings. The smallest absolute Gasteiger partial charge is 0.314 e. The number of halogens is 4. The topological polar surface area (TPSA) is 99.2 Å². The van der Waals surface area contributed by atoms with Gasteiger partial charge in [-0.05, 0) is 32.6 Å². The first-order chi connectivity index (χ1) is 12.4. The average molecular weight is 390 g/mol. The minimum atomic E-state index is -3.31. The third kappa shape index (κ3) is 3.32. The van der Waals surface area contributed by atoms with Crippen molar-refractivity contribution in [2.75, 3.05) is 13.1 Å². The van der Waals surface area contributed by atoms with Crippen LogP contribution in [0.1, 0.15) is 39.0 Å². The fourth-order valence-corrected chi connectivity index (χ4v) is 4.41. The summed E-state index contributed by atoms with van der Waals surface area (Å²) in [6, 6.07) is 1.19. The number of nitrogens with one attached hydrogen (secondary N) is 1. The molecule has 3 fully saturated rings. The Hall–Kier alpha value is -2.05. The van der Waals surface area contributed by atoms with Crippen LogP contribution in [0.15, 0.2) is 0 Å². The Kier molecular flexibility index (Phi) is 4.36. The van der Waals surface area contributed by atoms with Crippen molar-refractivity contribution in [3.05, 3.63) is 0 Å². The highest BCUT2D eigenvalue weighted by atomic mass is 19.3. The Labute approximate surface area is 154 Å². The van der Waals surface area contributed by atoms with Gasteiger partial charge in [-0.3, -0.25) is 4.79 Å². The van der Waals surface area contributed by atoms with Crippen LogP contribution in [0.2, 0.25) is 0 Å². The molecule has 3 rings (SSSR count). The molecule has 2 atom stereocenters. The minimum Gasteiger partial charge on any atom is -0.351 e. The lowest BCUT2D eigenvalue weighted by molar-refractivity contribution is -0.131. The lowest BCUT2D eigenvalue weighted by atomic mass is 9.84. The number of urea groups is 1. The largest absolute Gasteiger partial charge is 0.351 e. The van der Waals surface area contributed by atoms with Gasteiger partial charge in [-0.25, -0.2) is 22.4 Å². The highest BCUT2D eigenvalue weighted by Crippen LogP contribution is 2.74. The van der Waals surface area contributed by atoms with E-state index in [-0.39, 0.29) is 25.9 Å². The first-order valence-electron chi connectivity index (χ1n) is 8.91. The van der Waals surface area contributed by atoms with Crippen molar-refractivity contribution in [2.24, 2.45) is 23.0 Å². The fraction of sp³-hybridized carbons (Fsp3) is 0.824. The molecule has 1 heterocycles. The third-order valence-electron chi connectivity index (χ3n) is 6.18. The number of primary amides is 1. The molecule has 0 bridgehead atoms. The number of amides is 3. The van der Waals surface area contributed by atoms with E-state index in [1.807, 2.05) is 6.07 Å². The quantitative estimate of drug-likeness (QED) is 0.704. The van der Waals surface area contributed by atoms with Gasteiger partial charge in [0.2, 0.25) is 11.8 Å². The Morgan fingerprint density at radius 2 is 1.85 bits per heavy atom. The number of rotatable bonds is 5. The maximum atomic E-state index is 14.8. The van der Waals surface area contributed by atoms with E-state index in [2.05, 4.69) is 5.32 Å². The fourth-order valence-electron chi connectivity index (χ4n) is 4.41. The molecule has 1 unspecified atom stereocenters. The first-order valence-corrected chi connectivity index (χ1v) is 8.91. The zero-order valence-electron chi connectivity index (χ0n) is 14.9. The van der Waals surface area contributed by atoms with Gasteiger partial charge < -0.3 is 16.0 Å². The van der Waals surface area contributed by atoms with E-state index >= 15 is 0 Å². The van der Waals surface area contributed by atoms with Crippen molar-refractivity contribution in [3.63, 3.8) is 0 Å². The summed E-state index contributed by atoms with van der Waals surface area (Å²) in [5.74, 6) is -10.7. The summed E-state index contributed by atoms with van der Waals surface area (Å²) in [5, 5.41) is 11.5. The van der Waals surface area contributed by atoms with Gasteiger partial charge in [-0.1, -0.05) is 0 Å². The summed E-state index contributed by atoms with van der Waals surface area (Å²) < 4.78 is 56.8. The number of nitrogens with two attached hydrogens (primary N) is 1. The standard InChI is InChI=1S/C17H22F4N4O2/c1-14(18,19)8-10(12(26)24-15(9-22)2-3-15)11-16(17(11,20)21)4-6-25(7-5-16)13(23)27/h10-11H,2-8H2,1H3,(H2,23,27)(H,24,26)/t10-,11?/m0/s1. The van der Waals surface area contributed by atoms with Gasteiger partial charge in [0.05, 0.1) is 12.0 Å². The first kappa shape index (κ1) is 19.7. The summed E-state index contributed by atoms with van der Waals surface area (Å²) in [6.07, 6.45) is -0.456. The third-order valence-corrected chi connectivity index (χ3v) is 6.18. The molecule has 150 valence electrons. The van der Waals surface area contributed by atoms with Crippen LogP contribution in [0, 0.1) is 28.6 Å². The number of nitrogens with zero attached hydrogens (tertiary/aromatic N) is 2. The zero-order chi connectivity index (χ0) is 20.3. The van der Waals surface area contributed by atoms with Gasteiger partial charge in [-0.2, -0.15) is 5.26 Å². The molecule has 6 nitrogen and oxygen atoms in total. The maximum absolute atomic E-state index is 14.8. The number of carbonyl (C=O) groups excluding carboxylic acids is 2. The molecule has 0 aromatic heterocycles. The van der Waals surface area contributed by atoms with Crippen LogP contribution in [-0.2, 0) is 4.79 Å². The minimum absolute atomic E-state index is 0.000410. The number of alkyl halides is 4. The van der Waals surface area contributed by atoms with E-state index in [1.165, 1.54) is 4.90 Å². The molecule has 27 heavy (non-hydrogen) atoms. The highest BCUT2D eigenvalue weighted by Gasteiger charge is 2.82. The molecule has 0 aromatic carbocycles. The van der Waals surface area contributed by atoms with Crippen LogP contribution in [0.4, 0.5) is 22.4 Å². The summed E-state index contributed by atoms with van der Waals surface area (Å²) in [5.41, 5.74) is 2.46. The van der Waals surface area contributed by atoms with Gasteiger partial charge in [0.25, 0.3) is 5.92 Å². The molecule has 1 aliphatic heterocycles. The number of likely N-dealkylation sites (tertiary alicyclic amines) is 1. The molecule has 0 radical (unpaired) electrons. The van der Waals surface area contributed by atoms with E-state index < -0.39 is 53.0 Å². The van der Waals surface area contributed by atoms with Crippen molar-refractivity contribution in [1.82, 2.24) is 10.2 Å². The van der Waals surface area contributed by atoms with Crippen LogP contribution in [-0.4, -0.2) is 47.3 Å². The number of nitriles is 1. The van der Waals surface area contributed by atoms with E-state index in [1.54, 1.807) is 0 Å². The van der Waals surface area contributed by atoms with Gasteiger partial charge >= 0.3 is 6.03 Å². The summed E-state index contributed by atoms with van der Waals surface area (Å²) in [6.45, 7) is 0.591. The lowest BCUT2D eigenvalue weighted by Gasteiger charge is -2.32. The second-order valence-corrected chi connectivity index (χ2v) is 8.15. The molecule has 3 amide bonds. The van der Waals surface area contributed by atoms with Crippen LogP contribution in [0.5, 0.6) is 0 Å². The number of piperidine rings is 1. The molecule has 10 heteroatoms. The normalized spacial score (nSPS) is 28.1. The second-order valence-electron chi connectivity index (χ2n) is 8.15. The monoisotopic (exact) mass is 390 g/mol. The second kappa shape index (κ2) is 5.97. The lowest BCUT2D eigenvalue weighted by Crippen LogP contribution is -2.45. The summed E-state index contributed by atoms with van der Waals surface area (Å²) >= 11 is 0. The number of carbonyl (C=O) groups is 2. The summed E-state index contributed by atoms with van der Waals surface area (Å²) in [7, 11) is 0. The van der Waals surface area contributed by atoms with Crippen molar-refractivity contribution < 1.29 is 27.2 Å². The van der Waals surface area contributed by atoms with Crippen LogP contribution >= 0.6 is 0 Å². The Bertz CT molecular complexity index is 688. The van der Waals surface area contributed by atoms with E-state index in [0.717, 1.165) is 0 Å². The van der Waals surface area contributed by atoms with Gasteiger partial charge in [0.15, 0.2) is 0 Å². The van der Waals surface area contributed by atoms with Gasteiger partial charge in [-0.15, -0.1) is 0 Å². The molecular formula is C17H22F4N4O2. The highest BCUT2D eigenvalue weighted by molar-refractivity contribution is 5.82. The molecule has 0 aromatic rings.